The van der Waals surface area contributed by atoms with Crippen LogP contribution < -0.4 is 12.4 Å². The van der Waals surface area contributed by atoms with E-state index in [2.05, 4.69) is 42.1 Å². The SMILES string of the molecule is [Cl-].c1ccc(C[N+]23CCSCC2C3)cc1. The molecule has 2 fully saturated rings. The van der Waals surface area contributed by atoms with E-state index in [0.29, 0.717) is 0 Å². The third kappa shape index (κ3) is 2.17. The standard InChI is InChI=1S/C12H16NS.ClH/c1-2-4-11(5-3-1)8-13-6-7-14-10-12(13)9-13;/h1-5,12H,6-10H2;1H/q+1;/p-1. The van der Waals surface area contributed by atoms with Crippen LogP contribution in [0.5, 0.6) is 0 Å². The third-order valence-corrected chi connectivity index (χ3v) is 4.64. The summed E-state index contributed by atoms with van der Waals surface area (Å²) < 4.78 is 1.39. The van der Waals surface area contributed by atoms with E-state index in [0.717, 1.165) is 6.04 Å². The molecular weight excluding hydrogens is 226 g/mol. The summed E-state index contributed by atoms with van der Waals surface area (Å²) in [5, 5.41) is 0. The Labute approximate surface area is 102 Å². The molecule has 2 unspecified atom stereocenters. The molecule has 15 heavy (non-hydrogen) atoms. The fraction of sp³-hybridized carbons (Fsp3) is 0.500. The van der Waals surface area contributed by atoms with Crippen LogP contribution in [0.15, 0.2) is 30.3 Å². The van der Waals surface area contributed by atoms with Crippen molar-refractivity contribution in [3.63, 3.8) is 0 Å². The number of fused-ring (bicyclic) bond motifs is 1. The summed E-state index contributed by atoms with van der Waals surface area (Å²) in [5.74, 6) is 2.76. The van der Waals surface area contributed by atoms with Gasteiger partial charge in [0.05, 0.1) is 12.3 Å². The Bertz CT molecular complexity index is 330. The van der Waals surface area contributed by atoms with Gasteiger partial charge in [-0.2, -0.15) is 0 Å². The molecule has 1 aromatic rings. The Balaban J connectivity index is 0.000000853. The van der Waals surface area contributed by atoms with Gasteiger partial charge in [-0.15, -0.1) is 11.8 Å². The van der Waals surface area contributed by atoms with E-state index >= 15 is 0 Å². The highest BCUT2D eigenvalue weighted by Crippen LogP contribution is 2.39. The van der Waals surface area contributed by atoms with Gasteiger partial charge < -0.3 is 16.9 Å². The van der Waals surface area contributed by atoms with Gasteiger partial charge in [-0.05, 0) is 0 Å². The number of quaternary nitrogens is 1. The van der Waals surface area contributed by atoms with Crippen LogP contribution in [0.4, 0.5) is 0 Å². The first-order chi connectivity index (χ1) is 6.89. The van der Waals surface area contributed by atoms with E-state index < -0.39 is 0 Å². The number of thioether (sulfide) groups is 1. The van der Waals surface area contributed by atoms with Gasteiger partial charge in [-0.1, -0.05) is 30.3 Å². The molecule has 0 amide bonds. The van der Waals surface area contributed by atoms with Crippen molar-refractivity contribution in [2.75, 3.05) is 24.6 Å². The molecule has 0 saturated carbocycles. The molecular formula is C12H16ClNS. The van der Waals surface area contributed by atoms with Crippen molar-refractivity contribution >= 4 is 11.8 Å². The van der Waals surface area contributed by atoms with E-state index in [1.807, 2.05) is 0 Å². The summed E-state index contributed by atoms with van der Waals surface area (Å²) in [6.07, 6.45) is 0. The van der Waals surface area contributed by atoms with E-state index in [1.54, 1.807) is 0 Å². The van der Waals surface area contributed by atoms with Crippen LogP contribution >= 0.6 is 11.8 Å². The van der Waals surface area contributed by atoms with Crippen LogP contribution in [0.3, 0.4) is 0 Å². The fourth-order valence-electron chi connectivity index (χ4n) is 2.54. The maximum absolute atomic E-state index is 2.27. The van der Waals surface area contributed by atoms with Crippen LogP contribution in [-0.2, 0) is 6.54 Å². The van der Waals surface area contributed by atoms with Crippen LogP contribution in [0.25, 0.3) is 0 Å². The minimum atomic E-state index is 0. The van der Waals surface area contributed by atoms with Crippen LogP contribution in [0.2, 0.25) is 0 Å². The number of nitrogens with zero attached hydrogens (tertiary/aromatic N) is 1. The molecule has 2 atom stereocenters. The second kappa shape index (κ2) is 4.36. The maximum Gasteiger partial charge on any atom is 0.148 e. The van der Waals surface area contributed by atoms with Crippen molar-refractivity contribution in [2.24, 2.45) is 0 Å². The number of hydrogen-bond donors (Lipinski definition) is 0. The highest BCUT2D eigenvalue weighted by molar-refractivity contribution is 7.99. The fourth-order valence-corrected chi connectivity index (χ4v) is 3.90. The van der Waals surface area contributed by atoms with Gasteiger partial charge in [0.2, 0.25) is 0 Å². The summed E-state index contributed by atoms with van der Waals surface area (Å²) in [4.78, 5) is 0. The highest BCUT2D eigenvalue weighted by atomic mass is 35.5. The van der Waals surface area contributed by atoms with E-state index in [-0.39, 0.29) is 12.4 Å². The molecule has 2 heterocycles. The largest absolute Gasteiger partial charge is 1.00 e. The third-order valence-electron chi connectivity index (χ3n) is 3.55. The molecule has 0 N–H and O–H groups in total. The Morgan fingerprint density at radius 1 is 1.27 bits per heavy atom. The molecule has 0 spiro atoms. The van der Waals surface area contributed by atoms with Gasteiger partial charge in [0, 0.05) is 11.3 Å². The zero-order valence-electron chi connectivity index (χ0n) is 8.73. The van der Waals surface area contributed by atoms with Crippen molar-refractivity contribution in [3.8, 4) is 0 Å². The molecule has 3 rings (SSSR count). The number of rotatable bonds is 2. The smallest absolute Gasteiger partial charge is 0.148 e. The molecule has 2 aliphatic heterocycles. The number of hydrogen-bond acceptors (Lipinski definition) is 1. The quantitative estimate of drug-likeness (QED) is 0.480. The van der Waals surface area contributed by atoms with Crippen molar-refractivity contribution in [2.45, 2.75) is 12.6 Å². The minimum Gasteiger partial charge on any atom is -1.00 e. The Morgan fingerprint density at radius 2 is 2.07 bits per heavy atom. The predicted molar refractivity (Wildman–Crippen MR) is 61.3 cm³/mol. The van der Waals surface area contributed by atoms with Crippen LogP contribution in [-0.4, -0.2) is 35.1 Å². The summed E-state index contributed by atoms with van der Waals surface area (Å²) in [5.41, 5.74) is 1.52. The molecule has 82 valence electrons. The van der Waals surface area contributed by atoms with E-state index in [4.69, 9.17) is 0 Å². The molecule has 1 nitrogen and oxygen atoms in total. The summed E-state index contributed by atoms with van der Waals surface area (Å²) >= 11 is 2.14. The second-order valence-corrected chi connectivity index (χ2v) is 5.65. The predicted octanol–water partition coefficient (Wildman–Crippen LogP) is -0.864. The van der Waals surface area contributed by atoms with Gasteiger partial charge in [0.25, 0.3) is 0 Å². The van der Waals surface area contributed by atoms with E-state index in [1.165, 1.54) is 41.2 Å². The van der Waals surface area contributed by atoms with Crippen molar-refractivity contribution in [1.82, 2.24) is 0 Å². The lowest BCUT2D eigenvalue weighted by atomic mass is 10.2. The average molecular weight is 242 g/mol. The lowest BCUT2D eigenvalue weighted by molar-refractivity contribution is -0.824. The van der Waals surface area contributed by atoms with Gasteiger partial charge >= 0.3 is 0 Å². The Kier molecular flexibility index (Phi) is 3.29. The van der Waals surface area contributed by atoms with Gasteiger partial charge in [0.1, 0.15) is 19.1 Å². The highest BCUT2D eigenvalue weighted by Gasteiger charge is 2.55. The summed E-state index contributed by atoms with van der Waals surface area (Å²) in [7, 11) is 0. The zero-order valence-corrected chi connectivity index (χ0v) is 10.3. The summed E-state index contributed by atoms with van der Waals surface area (Å²) in [6, 6.07) is 11.9. The lowest BCUT2D eigenvalue weighted by Crippen LogP contribution is -3.00. The second-order valence-electron chi connectivity index (χ2n) is 4.50. The Morgan fingerprint density at radius 3 is 2.80 bits per heavy atom. The molecule has 2 saturated heterocycles. The van der Waals surface area contributed by atoms with Gasteiger partial charge in [-0.25, -0.2) is 0 Å². The first-order valence-electron chi connectivity index (χ1n) is 5.36. The Hall–Kier alpha value is -0.180. The maximum atomic E-state index is 2.27. The molecule has 1 aromatic carbocycles. The lowest BCUT2D eigenvalue weighted by Gasteiger charge is -2.24. The van der Waals surface area contributed by atoms with Crippen LogP contribution in [0.1, 0.15) is 5.56 Å². The monoisotopic (exact) mass is 241 g/mol. The molecule has 2 aliphatic rings. The molecule has 3 heteroatoms. The van der Waals surface area contributed by atoms with Crippen molar-refractivity contribution in [3.05, 3.63) is 35.9 Å². The molecule has 0 bridgehead atoms. The first-order valence-corrected chi connectivity index (χ1v) is 6.52. The first kappa shape index (κ1) is 11.3. The number of halogens is 1. The van der Waals surface area contributed by atoms with Crippen molar-refractivity contribution < 1.29 is 16.9 Å². The van der Waals surface area contributed by atoms with Crippen LogP contribution in [0, 0.1) is 0 Å². The molecule has 0 radical (unpaired) electrons. The minimum absolute atomic E-state index is 0. The normalized spacial score (nSPS) is 32.7. The topological polar surface area (TPSA) is 0 Å². The van der Waals surface area contributed by atoms with Gasteiger partial charge in [-0.3, -0.25) is 0 Å². The zero-order chi connectivity index (χ0) is 9.43. The summed E-state index contributed by atoms with van der Waals surface area (Å²) in [6.45, 7) is 4.10. The van der Waals surface area contributed by atoms with Gasteiger partial charge in [0.15, 0.2) is 0 Å². The molecule has 0 aliphatic carbocycles. The number of benzene rings is 1. The van der Waals surface area contributed by atoms with Crippen molar-refractivity contribution in [1.29, 1.82) is 0 Å². The average Bonchev–Trinajstić information content (AvgIpc) is 2.93. The van der Waals surface area contributed by atoms with E-state index in [9.17, 15) is 0 Å². The molecule has 0 aromatic heterocycles.